The number of anilines is 1. The fourth-order valence-electron chi connectivity index (χ4n) is 1.82. The molecule has 1 aliphatic heterocycles. The van der Waals surface area contributed by atoms with Gasteiger partial charge in [-0.05, 0) is 53.1 Å². The molecule has 1 saturated heterocycles. The fourth-order valence-corrected chi connectivity index (χ4v) is 2.88. The quantitative estimate of drug-likeness (QED) is 0.895. The van der Waals surface area contributed by atoms with Crippen LogP contribution in [0.2, 0.25) is 0 Å². The zero-order valence-corrected chi connectivity index (χ0v) is 12.7. The van der Waals surface area contributed by atoms with Crippen molar-refractivity contribution in [3.05, 3.63) is 10.6 Å². The molecular formula is C13H21N3O2S. The van der Waals surface area contributed by atoms with Gasteiger partial charge >= 0.3 is 6.09 Å². The molecule has 0 atom stereocenters. The molecular weight excluding hydrogens is 262 g/mol. The van der Waals surface area contributed by atoms with Gasteiger partial charge in [-0.2, -0.15) is 0 Å². The third-order valence-corrected chi connectivity index (χ3v) is 3.94. The average Bonchev–Trinajstić information content (AvgIpc) is 2.49. The summed E-state index contributed by atoms with van der Waals surface area (Å²) in [6.45, 7) is 9.66. The van der Waals surface area contributed by atoms with Crippen LogP contribution in [0, 0.1) is 12.8 Å². The first kappa shape index (κ1) is 14.3. The molecule has 0 bridgehead atoms. The molecule has 0 radical (unpaired) electrons. The summed E-state index contributed by atoms with van der Waals surface area (Å²) in [5.74, 6) is 0.702. The van der Waals surface area contributed by atoms with Crippen molar-refractivity contribution < 1.29 is 9.53 Å². The second-order valence-electron chi connectivity index (χ2n) is 5.88. The summed E-state index contributed by atoms with van der Waals surface area (Å²) < 4.78 is 5.21. The van der Waals surface area contributed by atoms with Crippen molar-refractivity contribution in [2.45, 2.75) is 39.7 Å². The summed E-state index contributed by atoms with van der Waals surface area (Å²) in [6, 6.07) is 0. The third kappa shape index (κ3) is 4.18. The Kier molecular flexibility index (Phi) is 4.10. The number of amides is 1. The van der Waals surface area contributed by atoms with Crippen LogP contribution in [-0.4, -0.2) is 29.8 Å². The van der Waals surface area contributed by atoms with E-state index >= 15 is 0 Å². The fraction of sp³-hybridized carbons (Fsp3) is 0.692. The van der Waals surface area contributed by atoms with E-state index in [0.29, 0.717) is 11.0 Å². The standard InChI is InChI=1S/C13H21N3O2S/c1-8-10(5-9-6-14-7-9)19-11(15-8)16-12(17)18-13(2,3)4/h9,14H,5-7H2,1-4H3,(H,15,16,17). The Balaban J connectivity index is 1.93. The number of aromatic nitrogens is 1. The number of hydrogen-bond acceptors (Lipinski definition) is 5. The smallest absolute Gasteiger partial charge is 0.413 e. The van der Waals surface area contributed by atoms with Gasteiger partial charge in [0.15, 0.2) is 5.13 Å². The van der Waals surface area contributed by atoms with Crippen molar-refractivity contribution in [3.63, 3.8) is 0 Å². The van der Waals surface area contributed by atoms with Gasteiger partial charge in [-0.25, -0.2) is 9.78 Å². The Morgan fingerprint density at radius 3 is 2.74 bits per heavy atom. The number of aryl methyl sites for hydroxylation is 1. The minimum atomic E-state index is -0.489. The minimum absolute atomic E-state index is 0.446. The van der Waals surface area contributed by atoms with E-state index in [1.165, 1.54) is 4.88 Å². The third-order valence-electron chi connectivity index (χ3n) is 2.84. The molecule has 1 aromatic rings. The normalized spacial score (nSPS) is 16.0. The van der Waals surface area contributed by atoms with Crippen molar-refractivity contribution in [3.8, 4) is 0 Å². The van der Waals surface area contributed by atoms with Gasteiger partial charge in [-0.15, -0.1) is 11.3 Å². The molecule has 0 spiro atoms. The summed E-state index contributed by atoms with van der Waals surface area (Å²) in [5, 5.41) is 6.58. The molecule has 0 saturated carbocycles. The zero-order valence-electron chi connectivity index (χ0n) is 11.9. The first-order chi connectivity index (χ1) is 8.83. The van der Waals surface area contributed by atoms with Crippen LogP contribution >= 0.6 is 11.3 Å². The summed E-state index contributed by atoms with van der Waals surface area (Å²) in [6.07, 6.45) is 0.588. The van der Waals surface area contributed by atoms with Crippen molar-refractivity contribution >= 4 is 22.6 Å². The van der Waals surface area contributed by atoms with Gasteiger partial charge < -0.3 is 10.1 Å². The monoisotopic (exact) mass is 283 g/mol. The lowest BCUT2D eigenvalue weighted by Crippen LogP contribution is -2.43. The molecule has 6 heteroatoms. The molecule has 1 aliphatic rings. The van der Waals surface area contributed by atoms with Crippen LogP contribution in [0.15, 0.2) is 0 Å². The predicted molar refractivity (Wildman–Crippen MR) is 76.8 cm³/mol. The highest BCUT2D eigenvalue weighted by Gasteiger charge is 2.21. The molecule has 1 fully saturated rings. The van der Waals surface area contributed by atoms with E-state index in [4.69, 9.17) is 4.74 Å². The Morgan fingerprint density at radius 2 is 2.21 bits per heavy atom. The Hall–Kier alpha value is -1.14. The second-order valence-corrected chi connectivity index (χ2v) is 6.97. The predicted octanol–water partition coefficient (Wildman–Crippen LogP) is 2.56. The zero-order chi connectivity index (χ0) is 14.0. The van der Waals surface area contributed by atoms with Crippen LogP contribution in [0.1, 0.15) is 31.3 Å². The van der Waals surface area contributed by atoms with Gasteiger partial charge in [0, 0.05) is 4.88 Å². The topological polar surface area (TPSA) is 63.2 Å². The second kappa shape index (κ2) is 5.46. The van der Waals surface area contributed by atoms with Crippen LogP contribution < -0.4 is 10.6 Å². The lowest BCUT2D eigenvalue weighted by atomic mass is 9.98. The molecule has 0 aliphatic carbocycles. The maximum absolute atomic E-state index is 11.7. The summed E-state index contributed by atoms with van der Waals surface area (Å²) in [4.78, 5) is 17.3. The molecule has 2 rings (SSSR count). The highest BCUT2D eigenvalue weighted by molar-refractivity contribution is 7.15. The number of ether oxygens (including phenoxy) is 1. The SMILES string of the molecule is Cc1nc(NC(=O)OC(C)(C)C)sc1CC1CNC1. The Bertz CT molecular complexity index is 461. The van der Waals surface area contributed by atoms with Gasteiger partial charge in [0.05, 0.1) is 5.69 Å². The summed E-state index contributed by atoms with van der Waals surface area (Å²) >= 11 is 1.54. The van der Waals surface area contributed by atoms with E-state index in [1.54, 1.807) is 11.3 Å². The highest BCUT2D eigenvalue weighted by atomic mass is 32.1. The maximum atomic E-state index is 11.7. The van der Waals surface area contributed by atoms with Gasteiger partial charge in [0.2, 0.25) is 0 Å². The number of nitrogens with zero attached hydrogens (tertiary/aromatic N) is 1. The number of carbonyl (C=O) groups is 1. The van der Waals surface area contributed by atoms with E-state index in [9.17, 15) is 4.79 Å². The van der Waals surface area contributed by atoms with E-state index < -0.39 is 11.7 Å². The summed E-state index contributed by atoms with van der Waals surface area (Å²) in [7, 11) is 0. The molecule has 2 N–H and O–H groups in total. The number of rotatable bonds is 3. The molecule has 0 unspecified atom stereocenters. The van der Waals surface area contributed by atoms with Crippen molar-refractivity contribution in [1.82, 2.24) is 10.3 Å². The Morgan fingerprint density at radius 1 is 1.53 bits per heavy atom. The van der Waals surface area contributed by atoms with E-state index in [-0.39, 0.29) is 0 Å². The maximum Gasteiger partial charge on any atom is 0.413 e. The molecule has 1 aromatic heterocycles. The molecule has 5 nitrogen and oxygen atoms in total. The van der Waals surface area contributed by atoms with E-state index in [1.807, 2.05) is 27.7 Å². The first-order valence-corrected chi connectivity index (χ1v) is 7.32. The molecule has 1 amide bonds. The lowest BCUT2D eigenvalue weighted by molar-refractivity contribution is 0.0636. The van der Waals surface area contributed by atoms with Crippen LogP contribution in [0.5, 0.6) is 0 Å². The number of thiazole rings is 1. The Labute approximate surface area is 117 Å². The minimum Gasteiger partial charge on any atom is -0.444 e. The van der Waals surface area contributed by atoms with E-state index in [0.717, 1.165) is 25.2 Å². The van der Waals surface area contributed by atoms with Gasteiger partial charge in [0.25, 0.3) is 0 Å². The van der Waals surface area contributed by atoms with Crippen LogP contribution in [0.3, 0.4) is 0 Å². The van der Waals surface area contributed by atoms with Gasteiger partial charge in [-0.1, -0.05) is 0 Å². The largest absolute Gasteiger partial charge is 0.444 e. The van der Waals surface area contributed by atoms with Crippen LogP contribution in [0.4, 0.5) is 9.93 Å². The highest BCUT2D eigenvalue weighted by Crippen LogP contribution is 2.26. The molecule has 2 heterocycles. The lowest BCUT2D eigenvalue weighted by Gasteiger charge is -2.26. The van der Waals surface area contributed by atoms with Crippen molar-refractivity contribution in [2.24, 2.45) is 5.92 Å². The summed E-state index contributed by atoms with van der Waals surface area (Å²) in [5.41, 5.74) is 0.513. The van der Waals surface area contributed by atoms with Crippen LogP contribution in [0.25, 0.3) is 0 Å². The van der Waals surface area contributed by atoms with Crippen molar-refractivity contribution in [1.29, 1.82) is 0 Å². The molecule has 106 valence electrons. The molecule has 0 aromatic carbocycles. The first-order valence-electron chi connectivity index (χ1n) is 6.50. The molecule has 19 heavy (non-hydrogen) atoms. The number of hydrogen-bond donors (Lipinski definition) is 2. The number of nitrogens with one attached hydrogen (secondary N) is 2. The van der Waals surface area contributed by atoms with Gasteiger partial charge in [0.1, 0.15) is 5.60 Å². The number of carbonyl (C=O) groups excluding carboxylic acids is 1. The van der Waals surface area contributed by atoms with Gasteiger partial charge in [-0.3, -0.25) is 5.32 Å². The van der Waals surface area contributed by atoms with Crippen LogP contribution in [-0.2, 0) is 11.2 Å². The van der Waals surface area contributed by atoms with Crippen molar-refractivity contribution in [2.75, 3.05) is 18.4 Å². The van der Waals surface area contributed by atoms with E-state index in [2.05, 4.69) is 15.6 Å². The average molecular weight is 283 g/mol.